The van der Waals surface area contributed by atoms with E-state index in [0.717, 1.165) is 14.9 Å². The molecule has 0 nitrogen and oxygen atoms in total. The number of rotatable bonds is 1. The molecule has 15 heavy (non-hydrogen) atoms. The lowest BCUT2D eigenvalue weighted by atomic mass is 10.0. The normalized spacial score (nSPS) is 10.3. The maximum atomic E-state index is 4.46. The Balaban J connectivity index is 2.60. The highest BCUT2D eigenvalue weighted by molar-refractivity contribution is 9.10. The van der Waals surface area contributed by atoms with Crippen molar-refractivity contribution in [3.63, 3.8) is 0 Å². The predicted octanol–water partition coefficient (Wildman–Crippen LogP) is 4.71. The molecule has 0 spiro atoms. The standard InChI is InChI=1S/C13H11BrS/c1-9-6-7-10(12(14)8-9)11-4-2-3-5-13(11)15/h2-8,15H,1H3. The minimum absolute atomic E-state index is 1.00. The van der Waals surface area contributed by atoms with Crippen LogP contribution in [0.2, 0.25) is 0 Å². The number of hydrogen-bond acceptors (Lipinski definition) is 1. The van der Waals surface area contributed by atoms with Crippen LogP contribution < -0.4 is 0 Å². The van der Waals surface area contributed by atoms with Crippen molar-refractivity contribution < 1.29 is 0 Å². The molecule has 0 fully saturated rings. The Kier molecular flexibility index (Phi) is 3.17. The molecule has 0 aromatic heterocycles. The summed E-state index contributed by atoms with van der Waals surface area (Å²) in [6, 6.07) is 14.5. The van der Waals surface area contributed by atoms with Gasteiger partial charge in [0.2, 0.25) is 0 Å². The lowest BCUT2D eigenvalue weighted by Gasteiger charge is -2.08. The van der Waals surface area contributed by atoms with Crippen molar-refractivity contribution >= 4 is 28.6 Å². The Bertz CT molecular complexity index is 492. The van der Waals surface area contributed by atoms with Gasteiger partial charge in [-0.15, -0.1) is 12.6 Å². The molecule has 0 heterocycles. The second-order valence-corrected chi connectivity index (χ2v) is 4.84. The van der Waals surface area contributed by atoms with Crippen LogP contribution in [0.25, 0.3) is 11.1 Å². The van der Waals surface area contributed by atoms with Crippen LogP contribution >= 0.6 is 28.6 Å². The Morgan fingerprint density at radius 1 is 1.00 bits per heavy atom. The summed E-state index contributed by atoms with van der Waals surface area (Å²) < 4.78 is 1.11. The SMILES string of the molecule is Cc1ccc(-c2ccccc2S)c(Br)c1. The zero-order valence-electron chi connectivity index (χ0n) is 8.37. The Morgan fingerprint density at radius 2 is 1.73 bits per heavy atom. The highest BCUT2D eigenvalue weighted by Gasteiger charge is 2.05. The highest BCUT2D eigenvalue weighted by Crippen LogP contribution is 2.32. The van der Waals surface area contributed by atoms with E-state index in [2.05, 4.69) is 59.7 Å². The van der Waals surface area contributed by atoms with Crippen LogP contribution in [0.4, 0.5) is 0 Å². The highest BCUT2D eigenvalue weighted by atomic mass is 79.9. The third-order valence-corrected chi connectivity index (χ3v) is 3.36. The topological polar surface area (TPSA) is 0 Å². The molecule has 0 amide bonds. The summed E-state index contributed by atoms with van der Waals surface area (Å²) in [4.78, 5) is 1.00. The van der Waals surface area contributed by atoms with E-state index in [-0.39, 0.29) is 0 Å². The van der Waals surface area contributed by atoms with E-state index in [9.17, 15) is 0 Å². The van der Waals surface area contributed by atoms with Crippen molar-refractivity contribution in [2.45, 2.75) is 11.8 Å². The summed E-state index contributed by atoms with van der Waals surface area (Å²) in [6.45, 7) is 2.08. The molecule has 0 aliphatic carbocycles. The van der Waals surface area contributed by atoms with Gasteiger partial charge in [-0.2, -0.15) is 0 Å². The fourth-order valence-corrected chi connectivity index (χ4v) is 2.53. The predicted molar refractivity (Wildman–Crippen MR) is 71.6 cm³/mol. The number of thiol groups is 1. The molecule has 0 aliphatic rings. The molecule has 0 aliphatic heterocycles. The van der Waals surface area contributed by atoms with E-state index in [1.54, 1.807) is 0 Å². The molecule has 0 saturated heterocycles. The maximum absolute atomic E-state index is 4.46. The van der Waals surface area contributed by atoms with Gasteiger partial charge in [0.25, 0.3) is 0 Å². The number of aryl methyl sites for hydroxylation is 1. The molecule has 0 radical (unpaired) electrons. The fraction of sp³-hybridized carbons (Fsp3) is 0.0769. The van der Waals surface area contributed by atoms with Crippen molar-refractivity contribution in [1.29, 1.82) is 0 Å². The van der Waals surface area contributed by atoms with Crippen molar-refractivity contribution in [3.8, 4) is 11.1 Å². The van der Waals surface area contributed by atoms with Gasteiger partial charge >= 0.3 is 0 Å². The van der Waals surface area contributed by atoms with Gasteiger partial charge in [-0.05, 0) is 35.7 Å². The Hall–Kier alpha value is -0.730. The van der Waals surface area contributed by atoms with Gasteiger partial charge in [0, 0.05) is 9.37 Å². The molecular weight excluding hydrogens is 268 g/mol. The summed E-state index contributed by atoms with van der Waals surface area (Å²) >= 11 is 8.05. The molecule has 2 aromatic rings. The zero-order chi connectivity index (χ0) is 10.8. The fourth-order valence-electron chi connectivity index (χ4n) is 1.54. The number of halogens is 1. The summed E-state index contributed by atoms with van der Waals surface area (Å²) in [6.07, 6.45) is 0. The van der Waals surface area contributed by atoms with E-state index < -0.39 is 0 Å². The van der Waals surface area contributed by atoms with Gasteiger partial charge in [0.05, 0.1) is 0 Å². The first-order valence-corrected chi connectivity index (χ1v) is 5.97. The molecule has 76 valence electrons. The van der Waals surface area contributed by atoms with Crippen LogP contribution in [-0.4, -0.2) is 0 Å². The number of benzene rings is 2. The molecule has 2 aromatic carbocycles. The average Bonchev–Trinajstić information content (AvgIpc) is 2.20. The molecule has 0 N–H and O–H groups in total. The van der Waals surface area contributed by atoms with E-state index in [4.69, 9.17) is 0 Å². The van der Waals surface area contributed by atoms with Crippen molar-refractivity contribution in [2.24, 2.45) is 0 Å². The summed E-state index contributed by atoms with van der Waals surface area (Å²) in [7, 11) is 0. The van der Waals surface area contributed by atoms with Crippen molar-refractivity contribution in [3.05, 3.63) is 52.5 Å². The monoisotopic (exact) mass is 278 g/mol. The molecule has 0 saturated carbocycles. The molecule has 2 rings (SSSR count). The first kappa shape index (κ1) is 10.8. The van der Waals surface area contributed by atoms with E-state index in [1.165, 1.54) is 11.1 Å². The van der Waals surface area contributed by atoms with Gasteiger partial charge in [0.1, 0.15) is 0 Å². The zero-order valence-corrected chi connectivity index (χ0v) is 10.8. The lowest BCUT2D eigenvalue weighted by molar-refractivity contribution is 1.41. The van der Waals surface area contributed by atoms with Crippen LogP contribution in [0.3, 0.4) is 0 Å². The summed E-state index contributed by atoms with van der Waals surface area (Å²) in [5.41, 5.74) is 3.60. The second-order valence-electron chi connectivity index (χ2n) is 3.50. The van der Waals surface area contributed by atoms with Gasteiger partial charge < -0.3 is 0 Å². The number of hydrogen-bond donors (Lipinski definition) is 1. The van der Waals surface area contributed by atoms with Crippen LogP contribution in [-0.2, 0) is 0 Å². The van der Waals surface area contributed by atoms with Crippen LogP contribution in [0.5, 0.6) is 0 Å². The Morgan fingerprint density at radius 3 is 2.40 bits per heavy atom. The Labute approximate surface area is 104 Å². The van der Waals surface area contributed by atoms with Crippen LogP contribution in [0.1, 0.15) is 5.56 Å². The summed E-state index contributed by atoms with van der Waals surface area (Å²) in [5, 5.41) is 0. The maximum Gasteiger partial charge on any atom is 0.0256 e. The minimum Gasteiger partial charge on any atom is -0.143 e. The van der Waals surface area contributed by atoms with Crippen molar-refractivity contribution in [1.82, 2.24) is 0 Å². The lowest BCUT2D eigenvalue weighted by Crippen LogP contribution is -1.83. The third-order valence-electron chi connectivity index (χ3n) is 2.32. The van der Waals surface area contributed by atoms with Gasteiger partial charge in [-0.25, -0.2) is 0 Å². The van der Waals surface area contributed by atoms with Crippen LogP contribution in [0, 0.1) is 6.92 Å². The first-order chi connectivity index (χ1) is 7.18. The molecule has 0 unspecified atom stereocenters. The minimum atomic E-state index is 1.00. The van der Waals surface area contributed by atoms with E-state index in [0.29, 0.717) is 0 Å². The molecular formula is C13H11BrS. The quantitative estimate of drug-likeness (QED) is 0.718. The molecule has 2 heteroatoms. The van der Waals surface area contributed by atoms with Crippen LogP contribution in [0.15, 0.2) is 51.8 Å². The van der Waals surface area contributed by atoms with Gasteiger partial charge in [-0.1, -0.05) is 46.3 Å². The average molecular weight is 279 g/mol. The summed E-state index contributed by atoms with van der Waals surface area (Å²) in [5.74, 6) is 0. The largest absolute Gasteiger partial charge is 0.143 e. The third kappa shape index (κ3) is 2.27. The van der Waals surface area contributed by atoms with Gasteiger partial charge in [-0.3, -0.25) is 0 Å². The smallest absolute Gasteiger partial charge is 0.0256 e. The van der Waals surface area contributed by atoms with E-state index >= 15 is 0 Å². The molecule has 0 atom stereocenters. The van der Waals surface area contributed by atoms with Gasteiger partial charge in [0.15, 0.2) is 0 Å². The first-order valence-electron chi connectivity index (χ1n) is 4.73. The molecule has 0 bridgehead atoms. The second kappa shape index (κ2) is 4.42. The van der Waals surface area contributed by atoms with E-state index in [1.807, 2.05) is 18.2 Å². The van der Waals surface area contributed by atoms with Crippen molar-refractivity contribution in [2.75, 3.05) is 0 Å².